The fourth-order valence-electron chi connectivity index (χ4n) is 2.46. The van der Waals surface area contributed by atoms with Gasteiger partial charge in [-0.2, -0.15) is 5.10 Å². The van der Waals surface area contributed by atoms with Crippen LogP contribution in [0.25, 0.3) is 0 Å². The summed E-state index contributed by atoms with van der Waals surface area (Å²) in [7, 11) is 4.74. The summed E-state index contributed by atoms with van der Waals surface area (Å²) >= 11 is 1.51. The number of para-hydroxylation sites is 1. The van der Waals surface area contributed by atoms with Crippen molar-refractivity contribution in [2.75, 3.05) is 21.3 Å². The normalized spacial score (nSPS) is 16.3. The molecule has 1 aliphatic heterocycles. The average molecular weight is 346 g/mol. The number of methoxy groups -OCH3 is 3. The predicted octanol–water partition coefficient (Wildman–Crippen LogP) is 3.11. The third-order valence-corrected chi connectivity index (χ3v) is 4.78. The zero-order chi connectivity index (χ0) is 17.1. The van der Waals surface area contributed by atoms with Crippen molar-refractivity contribution in [3.05, 3.63) is 47.5 Å². The maximum atomic E-state index is 9.98. The predicted molar refractivity (Wildman–Crippen MR) is 94.2 cm³/mol. The number of phenols is 1. The number of nitrogens with one attached hydrogen (secondary N) is 1. The van der Waals surface area contributed by atoms with Crippen LogP contribution in [0.1, 0.15) is 16.5 Å². The number of ether oxygens (including phenoxy) is 3. The van der Waals surface area contributed by atoms with E-state index < -0.39 is 0 Å². The number of nitrogens with zero attached hydrogens (tertiary/aromatic N) is 1. The van der Waals surface area contributed by atoms with Crippen molar-refractivity contribution in [3.8, 4) is 23.0 Å². The van der Waals surface area contributed by atoms with Gasteiger partial charge in [0, 0.05) is 0 Å². The molecule has 0 aromatic heterocycles. The highest BCUT2D eigenvalue weighted by Crippen LogP contribution is 2.43. The molecule has 126 valence electrons. The van der Waals surface area contributed by atoms with Crippen LogP contribution >= 0.6 is 11.8 Å². The Morgan fingerprint density at radius 2 is 1.71 bits per heavy atom. The van der Waals surface area contributed by atoms with Crippen LogP contribution in [0.4, 0.5) is 0 Å². The first-order chi connectivity index (χ1) is 11.7. The number of hydrazone groups is 1. The number of benzene rings is 2. The van der Waals surface area contributed by atoms with Crippen molar-refractivity contribution < 1.29 is 19.3 Å². The van der Waals surface area contributed by atoms with E-state index in [0.29, 0.717) is 22.8 Å². The molecule has 2 aromatic carbocycles. The highest BCUT2D eigenvalue weighted by Gasteiger charge is 2.26. The van der Waals surface area contributed by atoms with Gasteiger partial charge in [0.25, 0.3) is 0 Å². The van der Waals surface area contributed by atoms with E-state index in [1.54, 1.807) is 33.5 Å². The highest BCUT2D eigenvalue weighted by molar-refractivity contribution is 8.14. The van der Waals surface area contributed by atoms with E-state index in [1.807, 2.05) is 24.3 Å². The summed E-state index contributed by atoms with van der Waals surface area (Å²) in [5, 5.41) is 14.9. The smallest absolute Gasteiger partial charge is 0.203 e. The summed E-state index contributed by atoms with van der Waals surface area (Å²) in [4.78, 5) is 0. The summed E-state index contributed by atoms with van der Waals surface area (Å²) in [6.45, 7) is 0. The number of hydrogen-bond donors (Lipinski definition) is 2. The van der Waals surface area contributed by atoms with Crippen molar-refractivity contribution in [2.24, 2.45) is 5.10 Å². The van der Waals surface area contributed by atoms with Crippen LogP contribution in [-0.4, -0.2) is 31.5 Å². The molecular formula is C17H18N2O4S. The quantitative estimate of drug-likeness (QED) is 0.867. The summed E-state index contributed by atoms with van der Waals surface area (Å²) in [5.74, 6) is 1.93. The Bertz CT molecular complexity index is 754. The number of rotatable bonds is 5. The van der Waals surface area contributed by atoms with E-state index in [2.05, 4.69) is 10.5 Å². The molecule has 1 atom stereocenters. The lowest BCUT2D eigenvalue weighted by Crippen LogP contribution is -2.07. The first-order valence-electron chi connectivity index (χ1n) is 7.26. The number of aromatic hydroxyl groups is 1. The molecule has 2 N–H and O–H groups in total. The molecule has 2 aromatic rings. The Hall–Kier alpha value is -2.54. The van der Waals surface area contributed by atoms with E-state index in [9.17, 15) is 5.11 Å². The zero-order valence-electron chi connectivity index (χ0n) is 13.6. The first-order valence-corrected chi connectivity index (χ1v) is 8.14. The second-order valence-corrected chi connectivity index (χ2v) is 6.11. The lowest BCUT2D eigenvalue weighted by molar-refractivity contribution is 0.323. The number of hydrogen-bond acceptors (Lipinski definition) is 7. The van der Waals surface area contributed by atoms with Gasteiger partial charge in [-0.15, -0.1) is 0 Å². The van der Waals surface area contributed by atoms with Crippen LogP contribution in [0, 0.1) is 0 Å². The minimum Gasteiger partial charge on any atom is -0.507 e. The molecule has 3 rings (SSSR count). The van der Waals surface area contributed by atoms with Gasteiger partial charge in [0.05, 0.1) is 26.9 Å². The molecule has 0 amide bonds. The van der Waals surface area contributed by atoms with Crippen LogP contribution < -0.4 is 19.6 Å². The Kier molecular flexibility index (Phi) is 4.71. The molecule has 0 saturated carbocycles. The SMILES string of the molecule is COc1cc([C@H]2NN=C(c3ccccc3O)S2)cc(OC)c1OC. The summed E-state index contributed by atoms with van der Waals surface area (Å²) < 4.78 is 16.1. The van der Waals surface area contributed by atoms with Gasteiger partial charge in [-0.25, -0.2) is 0 Å². The van der Waals surface area contributed by atoms with Crippen LogP contribution in [-0.2, 0) is 0 Å². The summed E-state index contributed by atoms with van der Waals surface area (Å²) in [5.41, 5.74) is 4.71. The number of thioether (sulfide) groups is 1. The number of phenolic OH excluding ortho intramolecular Hbond substituents is 1. The molecule has 24 heavy (non-hydrogen) atoms. The first kappa shape index (κ1) is 16.3. The van der Waals surface area contributed by atoms with Gasteiger partial charge in [0.15, 0.2) is 11.5 Å². The Labute approximate surface area is 144 Å². The second kappa shape index (κ2) is 6.92. The van der Waals surface area contributed by atoms with E-state index in [1.165, 1.54) is 11.8 Å². The molecule has 7 heteroatoms. The molecule has 6 nitrogen and oxygen atoms in total. The third-order valence-electron chi connectivity index (χ3n) is 3.64. The lowest BCUT2D eigenvalue weighted by atomic mass is 10.2. The second-order valence-electron chi connectivity index (χ2n) is 5.02. The molecule has 0 fully saturated rings. The van der Waals surface area contributed by atoms with Crippen molar-refractivity contribution in [1.82, 2.24) is 5.43 Å². The van der Waals surface area contributed by atoms with E-state index in [-0.39, 0.29) is 11.1 Å². The maximum Gasteiger partial charge on any atom is 0.203 e. The molecule has 1 heterocycles. The Balaban J connectivity index is 1.88. The topological polar surface area (TPSA) is 72.3 Å². The molecule has 0 unspecified atom stereocenters. The molecule has 0 bridgehead atoms. The van der Waals surface area contributed by atoms with Crippen LogP contribution in [0.15, 0.2) is 41.5 Å². The standard InChI is InChI=1S/C17H18N2O4S/c1-21-13-8-10(9-14(22-2)15(13)23-3)16-18-19-17(24-16)11-6-4-5-7-12(11)20/h4-9,16,18,20H,1-3H3/t16-/m0/s1. The monoisotopic (exact) mass is 346 g/mol. The van der Waals surface area contributed by atoms with Crippen molar-refractivity contribution in [3.63, 3.8) is 0 Å². The molecular weight excluding hydrogens is 328 g/mol. The van der Waals surface area contributed by atoms with Crippen molar-refractivity contribution >= 4 is 16.8 Å². The molecule has 0 aliphatic carbocycles. The van der Waals surface area contributed by atoms with Crippen LogP contribution in [0.2, 0.25) is 0 Å². The van der Waals surface area contributed by atoms with Gasteiger partial charge >= 0.3 is 0 Å². The highest BCUT2D eigenvalue weighted by atomic mass is 32.2. The average Bonchev–Trinajstić information content (AvgIpc) is 3.10. The molecule has 0 saturated heterocycles. The van der Waals surface area contributed by atoms with Crippen molar-refractivity contribution in [2.45, 2.75) is 5.37 Å². The summed E-state index contributed by atoms with van der Waals surface area (Å²) in [6, 6.07) is 10.9. The third kappa shape index (κ3) is 2.94. The van der Waals surface area contributed by atoms with E-state index in [4.69, 9.17) is 14.2 Å². The Morgan fingerprint density at radius 1 is 1.04 bits per heavy atom. The van der Waals surface area contributed by atoms with Gasteiger partial charge in [0.1, 0.15) is 16.2 Å². The minimum absolute atomic E-state index is 0.117. The minimum atomic E-state index is -0.117. The van der Waals surface area contributed by atoms with Crippen LogP contribution in [0.3, 0.4) is 0 Å². The van der Waals surface area contributed by atoms with Gasteiger partial charge in [0.2, 0.25) is 5.75 Å². The molecule has 1 aliphatic rings. The zero-order valence-corrected chi connectivity index (χ0v) is 14.4. The fraction of sp³-hybridized carbons (Fsp3) is 0.235. The maximum absolute atomic E-state index is 9.98. The Morgan fingerprint density at radius 3 is 2.29 bits per heavy atom. The molecule has 0 radical (unpaired) electrons. The van der Waals surface area contributed by atoms with Gasteiger partial charge in [-0.1, -0.05) is 23.9 Å². The lowest BCUT2D eigenvalue weighted by Gasteiger charge is -2.16. The van der Waals surface area contributed by atoms with Gasteiger partial charge in [-0.3, -0.25) is 5.43 Å². The largest absolute Gasteiger partial charge is 0.507 e. The summed E-state index contributed by atoms with van der Waals surface area (Å²) in [6.07, 6.45) is 0. The van der Waals surface area contributed by atoms with E-state index >= 15 is 0 Å². The van der Waals surface area contributed by atoms with E-state index in [0.717, 1.165) is 10.6 Å². The van der Waals surface area contributed by atoms with Gasteiger partial charge < -0.3 is 19.3 Å². The van der Waals surface area contributed by atoms with Gasteiger partial charge in [-0.05, 0) is 29.8 Å². The molecule has 0 spiro atoms. The van der Waals surface area contributed by atoms with Crippen molar-refractivity contribution in [1.29, 1.82) is 0 Å². The van der Waals surface area contributed by atoms with Crippen LogP contribution in [0.5, 0.6) is 23.0 Å². The fourth-order valence-corrected chi connectivity index (χ4v) is 3.46.